The lowest BCUT2D eigenvalue weighted by Gasteiger charge is -2.13. The van der Waals surface area contributed by atoms with Gasteiger partial charge in [0.15, 0.2) is 0 Å². The largest absolute Gasteiger partial charge is 0.496 e. The Morgan fingerprint density at radius 3 is 2.88 bits per heavy atom. The first-order valence-corrected chi connectivity index (χ1v) is 7.53. The van der Waals surface area contributed by atoms with Crippen LogP contribution in [0.5, 0.6) is 5.75 Å². The van der Waals surface area contributed by atoms with Gasteiger partial charge >= 0.3 is 0 Å². The average molecular weight is 331 g/mol. The second-order valence-electron chi connectivity index (χ2n) is 5.06. The monoisotopic (exact) mass is 331 g/mol. The van der Waals surface area contributed by atoms with Gasteiger partial charge in [-0.15, -0.1) is 0 Å². The second-order valence-corrected chi connectivity index (χ2v) is 5.06. The van der Waals surface area contributed by atoms with Crippen LogP contribution in [0.3, 0.4) is 0 Å². The molecule has 1 atom stereocenters. The number of hydrogen-bond acceptors (Lipinski definition) is 5. The van der Waals surface area contributed by atoms with Crippen molar-refractivity contribution in [1.82, 2.24) is 4.98 Å². The molecule has 6 heteroatoms. The highest BCUT2D eigenvalue weighted by molar-refractivity contribution is 5.81. The van der Waals surface area contributed by atoms with Gasteiger partial charge in [-0.1, -0.05) is 18.7 Å². The van der Waals surface area contributed by atoms with E-state index in [0.717, 1.165) is 5.69 Å². The summed E-state index contributed by atoms with van der Waals surface area (Å²) in [6.07, 6.45) is 3.31. The molecule has 0 bridgehead atoms. The third kappa shape index (κ3) is 4.66. The van der Waals surface area contributed by atoms with Gasteiger partial charge in [-0.2, -0.15) is 10.5 Å². The molecule has 0 aliphatic rings. The molecule has 25 heavy (non-hydrogen) atoms. The first-order valence-electron chi connectivity index (χ1n) is 7.53. The molecule has 1 unspecified atom stereocenters. The van der Waals surface area contributed by atoms with E-state index in [9.17, 15) is 5.26 Å². The van der Waals surface area contributed by atoms with Gasteiger partial charge in [0.25, 0.3) is 0 Å². The summed E-state index contributed by atoms with van der Waals surface area (Å²) in [6.45, 7) is 3.87. The van der Waals surface area contributed by atoms with Crippen LogP contribution in [-0.2, 0) is 0 Å². The van der Waals surface area contributed by atoms with Crippen LogP contribution in [0.2, 0.25) is 0 Å². The minimum Gasteiger partial charge on any atom is -0.496 e. The van der Waals surface area contributed by atoms with E-state index in [4.69, 9.17) is 10.00 Å². The summed E-state index contributed by atoms with van der Waals surface area (Å²) in [5, 5.41) is 21.1. The van der Waals surface area contributed by atoms with Gasteiger partial charge in [0.05, 0.1) is 49.3 Å². The molecular formula is C19H17N5O. The Morgan fingerprint density at radius 2 is 2.24 bits per heavy atom. The zero-order valence-electron chi connectivity index (χ0n) is 13.8. The zero-order valence-corrected chi connectivity index (χ0v) is 13.8. The van der Waals surface area contributed by atoms with Crippen LogP contribution in [0.25, 0.3) is 5.70 Å². The number of nitrogens with one attached hydrogen (secondary N) is 1. The number of ether oxygens (including phenoxy) is 1. The number of nitriles is 2. The molecule has 1 heterocycles. The molecule has 0 fully saturated rings. The van der Waals surface area contributed by atoms with Gasteiger partial charge in [-0.05, 0) is 18.2 Å². The van der Waals surface area contributed by atoms with Crippen LogP contribution in [-0.4, -0.2) is 18.4 Å². The minimum atomic E-state index is -0.522. The number of hydrogen-bond donors (Lipinski definition) is 1. The summed E-state index contributed by atoms with van der Waals surface area (Å²) in [5.74, 6) is 0.0235. The summed E-state index contributed by atoms with van der Waals surface area (Å²) in [7, 11) is 1.53. The van der Waals surface area contributed by atoms with E-state index in [0.29, 0.717) is 22.7 Å². The van der Waals surface area contributed by atoms with Crippen LogP contribution in [0.15, 0.2) is 54.2 Å². The maximum Gasteiger partial charge on any atom is 0.125 e. The van der Waals surface area contributed by atoms with Crippen LogP contribution in [0.1, 0.15) is 23.6 Å². The Labute approximate surface area is 146 Å². The molecule has 0 radical (unpaired) electrons. The number of methoxy groups -OCH3 is 1. The number of rotatable bonds is 7. The van der Waals surface area contributed by atoms with Crippen molar-refractivity contribution in [3.05, 3.63) is 60.4 Å². The summed E-state index contributed by atoms with van der Waals surface area (Å²) in [4.78, 5) is 8.39. The highest BCUT2D eigenvalue weighted by atomic mass is 16.5. The lowest BCUT2D eigenvalue weighted by Crippen LogP contribution is -2.01. The highest BCUT2D eigenvalue weighted by Crippen LogP contribution is 2.31. The van der Waals surface area contributed by atoms with Crippen molar-refractivity contribution in [3.8, 4) is 17.9 Å². The van der Waals surface area contributed by atoms with E-state index in [1.165, 1.54) is 13.4 Å². The predicted molar refractivity (Wildman–Crippen MR) is 97.0 cm³/mol. The predicted octanol–water partition coefficient (Wildman–Crippen LogP) is 3.72. The first kappa shape index (κ1) is 17.7. The summed E-state index contributed by atoms with van der Waals surface area (Å²) >= 11 is 0. The molecule has 0 saturated heterocycles. The lowest BCUT2D eigenvalue weighted by molar-refractivity contribution is 0.408. The molecular weight excluding hydrogens is 314 g/mol. The Bertz CT molecular complexity index is 846. The topological polar surface area (TPSA) is 94.1 Å². The molecule has 1 N–H and O–H groups in total. The zero-order chi connectivity index (χ0) is 18.1. The first-order chi connectivity index (χ1) is 12.2. The molecule has 1 aromatic heterocycles. The second kappa shape index (κ2) is 8.85. The van der Waals surface area contributed by atoms with Crippen molar-refractivity contribution in [3.63, 3.8) is 0 Å². The van der Waals surface area contributed by atoms with Gasteiger partial charge in [-0.3, -0.25) is 4.98 Å². The maximum atomic E-state index is 9.20. The van der Waals surface area contributed by atoms with Gasteiger partial charge in [0.2, 0.25) is 0 Å². The van der Waals surface area contributed by atoms with Crippen molar-refractivity contribution >= 4 is 17.7 Å². The molecule has 0 amide bonds. The molecule has 0 aliphatic heterocycles. The normalized spacial score (nSPS) is 11.3. The van der Waals surface area contributed by atoms with Crippen LogP contribution >= 0.6 is 0 Å². The van der Waals surface area contributed by atoms with E-state index < -0.39 is 5.92 Å². The number of nitrogens with zero attached hydrogens (tertiary/aromatic N) is 4. The van der Waals surface area contributed by atoms with Gasteiger partial charge in [-0.25, -0.2) is 4.99 Å². The SMILES string of the molecule is C=C(N=CNc1ccc(C(C#N)CC#N)c(OC)c1)c1ccccn1. The fraction of sp³-hybridized carbons (Fsp3) is 0.158. The molecule has 2 rings (SSSR count). The van der Waals surface area contributed by atoms with E-state index in [1.54, 1.807) is 24.4 Å². The molecule has 2 aromatic rings. The number of aliphatic imine (C=N–C) groups is 1. The van der Waals surface area contributed by atoms with E-state index >= 15 is 0 Å². The summed E-state index contributed by atoms with van der Waals surface area (Å²) in [6, 6.07) is 15.0. The maximum absolute atomic E-state index is 9.20. The Morgan fingerprint density at radius 1 is 1.40 bits per heavy atom. The molecule has 1 aromatic carbocycles. The fourth-order valence-electron chi connectivity index (χ4n) is 2.19. The number of anilines is 1. The summed E-state index contributed by atoms with van der Waals surface area (Å²) < 4.78 is 5.34. The van der Waals surface area contributed by atoms with E-state index in [2.05, 4.69) is 27.9 Å². The number of pyridine rings is 1. The van der Waals surface area contributed by atoms with Gasteiger partial charge in [0, 0.05) is 23.5 Å². The van der Waals surface area contributed by atoms with E-state index in [-0.39, 0.29) is 6.42 Å². The molecule has 6 nitrogen and oxygen atoms in total. The van der Waals surface area contributed by atoms with Crippen LogP contribution in [0.4, 0.5) is 5.69 Å². The number of aromatic nitrogens is 1. The fourth-order valence-corrected chi connectivity index (χ4v) is 2.19. The third-order valence-electron chi connectivity index (χ3n) is 3.47. The van der Waals surface area contributed by atoms with Crippen LogP contribution in [0, 0.1) is 22.7 Å². The van der Waals surface area contributed by atoms with Crippen molar-refractivity contribution in [2.24, 2.45) is 4.99 Å². The lowest BCUT2D eigenvalue weighted by atomic mass is 9.96. The van der Waals surface area contributed by atoms with Crippen molar-refractivity contribution in [2.45, 2.75) is 12.3 Å². The van der Waals surface area contributed by atoms with Crippen molar-refractivity contribution in [1.29, 1.82) is 10.5 Å². The Kier molecular flexibility index (Phi) is 6.27. The standard InChI is InChI=1S/C19H17N5O/c1-14(18-5-3-4-10-22-18)23-13-24-16-6-7-17(19(11-16)25-2)15(12-21)8-9-20/h3-7,10-11,13,15H,1,8H2,2H3,(H,23,24). The molecule has 0 aliphatic carbocycles. The summed E-state index contributed by atoms with van der Waals surface area (Å²) in [5.41, 5.74) is 2.66. The van der Waals surface area contributed by atoms with Gasteiger partial charge < -0.3 is 10.1 Å². The number of benzene rings is 1. The average Bonchev–Trinajstić information content (AvgIpc) is 2.66. The smallest absolute Gasteiger partial charge is 0.125 e. The van der Waals surface area contributed by atoms with E-state index in [1.807, 2.05) is 24.3 Å². The van der Waals surface area contributed by atoms with Crippen LogP contribution < -0.4 is 10.1 Å². The Balaban J connectivity index is 2.11. The van der Waals surface area contributed by atoms with Crippen molar-refractivity contribution < 1.29 is 4.74 Å². The Hall–Kier alpha value is -3.64. The molecule has 0 saturated carbocycles. The third-order valence-corrected chi connectivity index (χ3v) is 3.47. The van der Waals surface area contributed by atoms with Crippen molar-refractivity contribution in [2.75, 3.05) is 12.4 Å². The molecule has 0 spiro atoms. The molecule has 124 valence electrons. The quantitative estimate of drug-likeness (QED) is 0.616. The minimum absolute atomic E-state index is 0.116. The van der Waals surface area contributed by atoms with Gasteiger partial charge in [0.1, 0.15) is 5.75 Å². The highest BCUT2D eigenvalue weighted by Gasteiger charge is 2.15.